The smallest absolute Gasteiger partial charge is 0.369 e. The van der Waals surface area contributed by atoms with E-state index in [0.717, 1.165) is 4.57 Å². The Balaban J connectivity index is 2.12. The van der Waals surface area contributed by atoms with Crippen LogP contribution >= 0.6 is 0 Å². The first-order valence-corrected chi connectivity index (χ1v) is 8.49. The molecule has 3 rings (SSSR count). The van der Waals surface area contributed by atoms with Crippen molar-refractivity contribution in [1.29, 1.82) is 0 Å². The molecule has 0 spiro atoms. The molecule has 0 radical (unpaired) electrons. The van der Waals surface area contributed by atoms with Crippen LogP contribution in [0.5, 0.6) is 0 Å². The van der Waals surface area contributed by atoms with Crippen LogP contribution in [0.1, 0.15) is 38.8 Å². The van der Waals surface area contributed by atoms with Crippen LogP contribution in [0.2, 0.25) is 0 Å². The van der Waals surface area contributed by atoms with Gasteiger partial charge in [0.1, 0.15) is 12.4 Å². The summed E-state index contributed by atoms with van der Waals surface area (Å²) in [7, 11) is 0. The summed E-state index contributed by atoms with van der Waals surface area (Å²) < 4.78 is 59.2. The normalized spacial score (nSPS) is 23.4. The van der Waals surface area contributed by atoms with Gasteiger partial charge in [-0.3, -0.25) is 14.3 Å². The molecule has 1 aliphatic rings. The van der Waals surface area contributed by atoms with Gasteiger partial charge >= 0.3 is 11.9 Å². The third kappa shape index (κ3) is 3.70. The molecule has 3 atom stereocenters. The highest BCUT2D eigenvalue weighted by Crippen LogP contribution is 2.33. The number of imidazole rings is 1. The molecule has 2 aromatic heterocycles. The Morgan fingerprint density at radius 2 is 2.07 bits per heavy atom. The monoisotopic (exact) mass is 393 g/mol. The minimum absolute atomic E-state index is 0.169. The standard InChI is InChI=1S/C15H19F4N5O3/c1-2-3-8-7(16)6-9(27-8)24-11-10(12(25)22-13(20)21-11)23(14(24)26)5-4-15(17,18)19/h7-9H,2-6H2,1H3,(H3,20,21,22,25)/t7-,8?,9?/m1/s1. The molecule has 150 valence electrons. The van der Waals surface area contributed by atoms with E-state index in [0.29, 0.717) is 17.4 Å². The van der Waals surface area contributed by atoms with Crippen molar-refractivity contribution in [3.8, 4) is 0 Å². The largest absolute Gasteiger partial charge is 0.390 e. The third-order valence-corrected chi connectivity index (χ3v) is 4.47. The van der Waals surface area contributed by atoms with Crippen molar-refractivity contribution in [3.63, 3.8) is 0 Å². The highest BCUT2D eigenvalue weighted by Gasteiger charge is 2.38. The van der Waals surface area contributed by atoms with Gasteiger partial charge in [0.25, 0.3) is 5.56 Å². The van der Waals surface area contributed by atoms with Crippen LogP contribution in [0.3, 0.4) is 0 Å². The van der Waals surface area contributed by atoms with Gasteiger partial charge in [-0.25, -0.2) is 13.8 Å². The summed E-state index contributed by atoms with van der Waals surface area (Å²) in [6, 6.07) is 0. The molecule has 1 saturated heterocycles. The van der Waals surface area contributed by atoms with E-state index in [9.17, 15) is 27.2 Å². The number of nitrogens with one attached hydrogen (secondary N) is 1. The Bertz CT molecular complexity index is 948. The minimum atomic E-state index is -4.53. The zero-order valence-electron chi connectivity index (χ0n) is 14.4. The topological polar surface area (TPSA) is 108 Å². The molecule has 1 aliphatic heterocycles. The lowest BCUT2D eigenvalue weighted by Crippen LogP contribution is -2.29. The second-order valence-electron chi connectivity index (χ2n) is 6.46. The maximum Gasteiger partial charge on any atom is 0.390 e. The van der Waals surface area contributed by atoms with Crippen LogP contribution in [0.15, 0.2) is 9.59 Å². The number of H-pyrrole nitrogens is 1. The lowest BCUT2D eigenvalue weighted by Gasteiger charge is -2.14. The fourth-order valence-electron chi connectivity index (χ4n) is 3.29. The van der Waals surface area contributed by atoms with Gasteiger partial charge in [-0.2, -0.15) is 18.2 Å². The summed E-state index contributed by atoms with van der Waals surface area (Å²) in [6.45, 7) is 1.07. The van der Waals surface area contributed by atoms with Gasteiger partial charge in [0.05, 0.1) is 12.5 Å². The molecule has 0 saturated carbocycles. The summed E-state index contributed by atoms with van der Waals surface area (Å²) in [6.07, 6.45) is -8.08. The fourth-order valence-corrected chi connectivity index (χ4v) is 3.29. The summed E-state index contributed by atoms with van der Waals surface area (Å²) in [4.78, 5) is 31.0. The lowest BCUT2D eigenvalue weighted by atomic mass is 10.1. The second-order valence-corrected chi connectivity index (χ2v) is 6.46. The Morgan fingerprint density at radius 3 is 2.70 bits per heavy atom. The van der Waals surface area contributed by atoms with Crippen LogP contribution in [0.25, 0.3) is 11.2 Å². The zero-order chi connectivity index (χ0) is 19.9. The quantitative estimate of drug-likeness (QED) is 0.754. The first-order valence-electron chi connectivity index (χ1n) is 8.49. The molecular weight excluding hydrogens is 374 g/mol. The first-order chi connectivity index (χ1) is 12.6. The number of hydrogen-bond acceptors (Lipinski definition) is 5. The molecule has 2 unspecified atom stereocenters. The Morgan fingerprint density at radius 1 is 1.37 bits per heavy atom. The predicted molar refractivity (Wildman–Crippen MR) is 88.0 cm³/mol. The molecule has 0 aromatic carbocycles. The second kappa shape index (κ2) is 6.98. The van der Waals surface area contributed by atoms with E-state index >= 15 is 0 Å². The number of anilines is 1. The van der Waals surface area contributed by atoms with Crippen molar-refractivity contribution in [2.45, 2.75) is 63.8 Å². The number of halogens is 4. The van der Waals surface area contributed by atoms with E-state index in [1.54, 1.807) is 0 Å². The van der Waals surface area contributed by atoms with E-state index in [-0.39, 0.29) is 23.5 Å². The molecule has 3 N–H and O–H groups in total. The molecule has 0 aliphatic carbocycles. The number of aromatic amines is 1. The van der Waals surface area contributed by atoms with Crippen molar-refractivity contribution >= 4 is 17.1 Å². The van der Waals surface area contributed by atoms with Crippen LogP contribution in [-0.2, 0) is 11.3 Å². The van der Waals surface area contributed by atoms with Gasteiger partial charge in [0.2, 0.25) is 5.95 Å². The van der Waals surface area contributed by atoms with Crippen LogP contribution < -0.4 is 17.0 Å². The number of alkyl halides is 4. The summed E-state index contributed by atoms with van der Waals surface area (Å²) in [5, 5.41) is 0. The number of nitrogen functional groups attached to an aromatic ring is 1. The molecule has 3 heterocycles. The Labute approximate surface area is 149 Å². The summed E-state index contributed by atoms with van der Waals surface area (Å²) in [5.41, 5.74) is 3.16. The number of nitrogens with zero attached hydrogens (tertiary/aromatic N) is 3. The maximum absolute atomic E-state index is 14.2. The van der Waals surface area contributed by atoms with E-state index in [1.807, 2.05) is 6.92 Å². The Kier molecular flexibility index (Phi) is 5.02. The highest BCUT2D eigenvalue weighted by molar-refractivity contribution is 5.71. The van der Waals surface area contributed by atoms with E-state index in [4.69, 9.17) is 10.5 Å². The van der Waals surface area contributed by atoms with Crippen LogP contribution in [0.4, 0.5) is 23.5 Å². The molecule has 0 bridgehead atoms. The van der Waals surface area contributed by atoms with Crippen LogP contribution in [0, 0.1) is 0 Å². The maximum atomic E-state index is 14.2. The van der Waals surface area contributed by atoms with Crippen molar-refractivity contribution in [2.24, 2.45) is 0 Å². The molecule has 12 heteroatoms. The third-order valence-electron chi connectivity index (χ3n) is 4.47. The molecule has 27 heavy (non-hydrogen) atoms. The zero-order valence-corrected chi connectivity index (χ0v) is 14.4. The summed E-state index contributed by atoms with van der Waals surface area (Å²) >= 11 is 0. The van der Waals surface area contributed by atoms with Crippen LogP contribution in [-0.4, -0.2) is 37.6 Å². The van der Waals surface area contributed by atoms with Crippen molar-refractivity contribution in [3.05, 3.63) is 20.8 Å². The van der Waals surface area contributed by atoms with Gasteiger partial charge in [-0.15, -0.1) is 0 Å². The number of aryl methyl sites for hydroxylation is 1. The lowest BCUT2D eigenvalue weighted by molar-refractivity contribution is -0.136. The molecule has 1 fully saturated rings. The molecular formula is C15H19F4N5O3. The predicted octanol–water partition coefficient (Wildman–Crippen LogP) is 1.85. The van der Waals surface area contributed by atoms with E-state index < -0.39 is 48.9 Å². The Hall–Kier alpha value is -2.37. The van der Waals surface area contributed by atoms with E-state index in [2.05, 4.69) is 9.97 Å². The number of fused-ring (bicyclic) bond motifs is 1. The van der Waals surface area contributed by atoms with Crippen molar-refractivity contribution in [1.82, 2.24) is 19.1 Å². The van der Waals surface area contributed by atoms with Gasteiger partial charge < -0.3 is 10.5 Å². The summed E-state index contributed by atoms with van der Waals surface area (Å²) in [5.74, 6) is -0.311. The van der Waals surface area contributed by atoms with Gasteiger partial charge in [-0.1, -0.05) is 13.3 Å². The van der Waals surface area contributed by atoms with Gasteiger partial charge in [0.15, 0.2) is 11.2 Å². The minimum Gasteiger partial charge on any atom is -0.369 e. The van der Waals surface area contributed by atoms with Crippen molar-refractivity contribution < 1.29 is 22.3 Å². The molecule has 8 nitrogen and oxygen atoms in total. The SMILES string of the molecule is CCCC1OC(n2c(=O)n(CCC(F)(F)F)c3c(=O)[nH]c(N)nc32)C[C@H]1F. The van der Waals surface area contributed by atoms with E-state index in [1.165, 1.54) is 0 Å². The number of rotatable bonds is 5. The fraction of sp³-hybridized carbons (Fsp3) is 0.667. The number of hydrogen-bond donors (Lipinski definition) is 2. The first kappa shape index (κ1) is 19.4. The number of nitrogens with two attached hydrogens (primary N) is 1. The van der Waals surface area contributed by atoms with Gasteiger partial charge in [-0.05, 0) is 6.42 Å². The number of aromatic nitrogens is 4. The molecule has 2 aromatic rings. The average Bonchev–Trinajstić information content (AvgIpc) is 3.02. The number of ether oxygens (including phenoxy) is 1. The molecule has 0 amide bonds. The van der Waals surface area contributed by atoms with Gasteiger partial charge in [0, 0.05) is 13.0 Å². The van der Waals surface area contributed by atoms with Crippen molar-refractivity contribution in [2.75, 3.05) is 5.73 Å². The average molecular weight is 393 g/mol. The highest BCUT2D eigenvalue weighted by atomic mass is 19.4.